The highest BCUT2D eigenvalue weighted by molar-refractivity contribution is 5.94. The fraction of sp³-hybridized carbons (Fsp3) is 0.444. The number of carbonyl (C=O) groups is 3. The second-order valence-corrected chi connectivity index (χ2v) is 9.92. The molecule has 0 aromatic heterocycles. The number of hydrogen-bond acceptors (Lipinski definition) is 5. The number of nitrogens with one attached hydrogen (secondary N) is 2. The SMILES string of the molecule is COCC(=O)N(CC(=O)Nc1ccc(N2CCN(C(=O)NC(C)(C)C)CC2)cc1)Cc1ccccc1. The van der Waals surface area contributed by atoms with Gasteiger partial charge in [0.1, 0.15) is 13.2 Å². The van der Waals surface area contributed by atoms with Gasteiger partial charge in [-0.25, -0.2) is 4.79 Å². The number of hydrogen-bond donors (Lipinski definition) is 2. The molecule has 0 radical (unpaired) electrons. The molecule has 1 fully saturated rings. The van der Waals surface area contributed by atoms with Gasteiger partial charge in [-0.3, -0.25) is 9.59 Å². The largest absolute Gasteiger partial charge is 0.375 e. The van der Waals surface area contributed by atoms with Crippen LogP contribution in [0, 0.1) is 0 Å². The number of anilines is 2. The van der Waals surface area contributed by atoms with Gasteiger partial charge in [0.05, 0.1) is 0 Å². The van der Waals surface area contributed by atoms with Crippen LogP contribution in [0.5, 0.6) is 0 Å². The highest BCUT2D eigenvalue weighted by Crippen LogP contribution is 2.20. The van der Waals surface area contributed by atoms with Crippen molar-refractivity contribution in [2.75, 3.05) is 56.7 Å². The summed E-state index contributed by atoms with van der Waals surface area (Å²) in [6.45, 7) is 8.85. The molecule has 1 heterocycles. The molecule has 0 unspecified atom stereocenters. The number of rotatable bonds is 8. The van der Waals surface area contributed by atoms with Crippen LogP contribution in [0.4, 0.5) is 16.2 Å². The Morgan fingerprint density at radius 3 is 2.17 bits per heavy atom. The van der Waals surface area contributed by atoms with Crippen molar-refractivity contribution in [2.45, 2.75) is 32.9 Å². The fourth-order valence-corrected chi connectivity index (χ4v) is 3.95. The molecule has 1 aliphatic heterocycles. The molecule has 0 atom stereocenters. The van der Waals surface area contributed by atoms with E-state index in [4.69, 9.17) is 4.74 Å². The quantitative estimate of drug-likeness (QED) is 0.587. The number of methoxy groups -OCH3 is 1. The van der Waals surface area contributed by atoms with Gasteiger partial charge in [-0.05, 0) is 50.6 Å². The Balaban J connectivity index is 1.53. The molecule has 2 aromatic rings. The van der Waals surface area contributed by atoms with Crippen molar-refractivity contribution in [1.29, 1.82) is 0 Å². The summed E-state index contributed by atoms with van der Waals surface area (Å²) in [6, 6.07) is 17.1. The first kappa shape index (κ1) is 27.0. The van der Waals surface area contributed by atoms with Crippen LogP contribution < -0.4 is 15.5 Å². The van der Waals surface area contributed by atoms with Crippen LogP contribution in [0.1, 0.15) is 26.3 Å². The third-order valence-corrected chi connectivity index (χ3v) is 5.74. The van der Waals surface area contributed by atoms with Crippen LogP contribution in [0.2, 0.25) is 0 Å². The number of nitrogens with zero attached hydrogens (tertiary/aromatic N) is 3. The molecule has 1 aliphatic rings. The topological polar surface area (TPSA) is 94.2 Å². The van der Waals surface area contributed by atoms with E-state index in [0.29, 0.717) is 25.3 Å². The molecule has 194 valence electrons. The van der Waals surface area contributed by atoms with Crippen molar-refractivity contribution >= 4 is 29.2 Å². The van der Waals surface area contributed by atoms with E-state index in [9.17, 15) is 14.4 Å². The van der Waals surface area contributed by atoms with E-state index in [2.05, 4.69) is 15.5 Å². The summed E-state index contributed by atoms with van der Waals surface area (Å²) in [5.41, 5.74) is 2.37. The third kappa shape index (κ3) is 8.27. The molecule has 0 spiro atoms. The summed E-state index contributed by atoms with van der Waals surface area (Å²) in [6.07, 6.45) is 0. The highest BCUT2D eigenvalue weighted by Gasteiger charge is 2.24. The zero-order valence-electron chi connectivity index (χ0n) is 21.6. The van der Waals surface area contributed by atoms with E-state index in [1.807, 2.05) is 80.3 Å². The first-order valence-electron chi connectivity index (χ1n) is 12.2. The van der Waals surface area contributed by atoms with Gasteiger partial charge < -0.3 is 30.1 Å². The molecule has 0 aliphatic carbocycles. The second kappa shape index (κ2) is 12.4. The van der Waals surface area contributed by atoms with Crippen molar-refractivity contribution in [3.8, 4) is 0 Å². The van der Waals surface area contributed by atoms with Crippen molar-refractivity contribution in [3.05, 3.63) is 60.2 Å². The standard InChI is InChI=1S/C27H37N5O4/c1-27(2,3)29-26(35)31-16-14-30(15-17-31)23-12-10-22(11-13-23)28-24(33)19-32(25(34)20-36-4)18-21-8-6-5-7-9-21/h5-13H,14-20H2,1-4H3,(H,28,33)(H,29,35). The molecule has 4 amide bonds. The molecular formula is C27H37N5O4. The Hall–Kier alpha value is -3.59. The molecule has 9 nitrogen and oxygen atoms in total. The predicted molar refractivity (Wildman–Crippen MR) is 141 cm³/mol. The molecule has 9 heteroatoms. The van der Waals surface area contributed by atoms with Gasteiger partial charge in [-0.1, -0.05) is 30.3 Å². The van der Waals surface area contributed by atoms with Gasteiger partial charge in [0, 0.05) is 56.7 Å². The zero-order chi connectivity index (χ0) is 26.1. The maximum absolute atomic E-state index is 12.7. The minimum atomic E-state index is -0.276. The maximum atomic E-state index is 12.7. The van der Waals surface area contributed by atoms with E-state index in [-0.39, 0.29) is 36.5 Å². The van der Waals surface area contributed by atoms with E-state index in [1.54, 1.807) is 0 Å². The van der Waals surface area contributed by atoms with Crippen LogP contribution >= 0.6 is 0 Å². The van der Waals surface area contributed by atoms with Gasteiger partial charge in [0.25, 0.3) is 0 Å². The number of urea groups is 1. The normalized spacial score (nSPS) is 13.8. The lowest BCUT2D eigenvalue weighted by Gasteiger charge is -2.37. The Morgan fingerprint density at radius 2 is 1.58 bits per heavy atom. The first-order valence-corrected chi connectivity index (χ1v) is 12.2. The average molecular weight is 496 g/mol. The Kier molecular flexibility index (Phi) is 9.30. The van der Waals surface area contributed by atoms with Crippen molar-refractivity contribution in [3.63, 3.8) is 0 Å². The lowest BCUT2D eigenvalue weighted by Crippen LogP contribution is -2.55. The summed E-state index contributed by atoms with van der Waals surface area (Å²) in [4.78, 5) is 43.1. The van der Waals surface area contributed by atoms with Crippen LogP contribution in [0.25, 0.3) is 0 Å². The summed E-state index contributed by atoms with van der Waals surface area (Å²) in [5, 5.41) is 5.88. The smallest absolute Gasteiger partial charge is 0.317 e. The second-order valence-electron chi connectivity index (χ2n) is 9.92. The van der Waals surface area contributed by atoms with E-state index in [0.717, 1.165) is 24.3 Å². The minimum absolute atomic E-state index is 0.0366. The lowest BCUT2D eigenvalue weighted by molar-refractivity contribution is -0.138. The Labute approximate surface area is 213 Å². The molecule has 1 saturated heterocycles. The molecule has 36 heavy (non-hydrogen) atoms. The number of piperazine rings is 1. The van der Waals surface area contributed by atoms with Crippen LogP contribution in [0.15, 0.2) is 54.6 Å². The van der Waals surface area contributed by atoms with Crippen molar-refractivity contribution in [1.82, 2.24) is 15.1 Å². The van der Waals surface area contributed by atoms with Gasteiger partial charge >= 0.3 is 6.03 Å². The number of carbonyl (C=O) groups excluding carboxylic acids is 3. The van der Waals surface area contributed by atoms with Crippen LogP contribution in [-0.4, -0.2) is 79.6 Å². The molecule has 0 saturated carbocycles. The number of amides is 4. The predicted octanol–water partition coefficient (Wildman–Crippen LogP) is 2.93. The maximum Gasteiger partial charge on any atom is 0.317 e. The van der Waals surface area contributed by atoms with Crippen LogP contribution in [0.3, 0.4) is 0 Å². The zero-order valence-corrected chi connectivity index (χ0v) is 21.6. The molecule has 0 bridgehead atoms. The number of benzene rings is 2. The van der Waals surface area contributed by atoms with Gasteiger partial charge in [0.15, 0.2) is 0 Å². The number of ether oxygens (including phenoxy) is 1. The first-order chi connectivity index (χ1) is 17.1. The molecule has 2 aromatic carbocycles. The van der Waals surface area contributed by atoms with Gasteiger partial charge in [-0.2, -0.15) is 0 Å². The molecular weight excluding hydrogens is 458 g/mol. The Bertz CT molecular complexity index is 1010. The van der Waals surface area contributed by atoms with Gasteiger partial charge in [0.2, 0.25) is 11.8 Å². The van der Waals surface area contributed by atoms with E-state index >= 15 is 0 Å². The molecule has 3 rings (SSSR count). The Morgan fingerprint density at radius 1 is 0.944 bits per heavy atom. The molecule has 2 N–H and O–H groups in total. The average Bonchev–Trinajstić information content (AvgIpc) is 2.84. The van der Waals surface area contributed by atoms with Crippen molar-refractivity contribution in [2.24, 2.45) is 0 Å². The van der Waals surface area contributed by atoms with Crippen LogP contribution in [-0.2, 0) is 20.9 Å². The summed E-state index contributed by atoms with van der Waals surface area (Å²) < 4.78 is 4.98. The van der Waals surface area contributed by atoms with E-state index < -0.39 is 0 Å². The fourth-order valence-electron chi connectivity index (χ4n) is 3.95. The lowest BCUT2D eigenvalue weighted by atomic mass is 10.1. The van der Waals surface area contributed by atoms with Gasteiger partial charge in [-0.15, -0.1) is 0 Å². The summed E-state index contributed by atoms with van der Waals surface area (Å²) >= 11 is 0. The monoisotopic (exact) mass is 495 g/mol. The highest BCUT2D eigenvalue weighted by atomic mass is 16.5. The summed E-state index contributed by atoms with van der Waals surface area (Å²) in [5.74, 6) is -0.524. The summed E-state index contributed by atoms with van der Waals surface area (Å²) in [7, 11) is 1.46. The van der Waals surface area contributed by atoms with E-state index in [1.165, 1.54) is 12.0 Å². The van der Waals surface area contributed by atoms with Crippen molar-refractivity contribution < 1.29 is 19.1 Å². The third-order valence-electron chi connectivity index (χ3n) is 5.74. The minimum Gasteiger partial charge on any atom is -0.375 e.